The molecule has 0 bridgehead atoms. The molecule has 0 spiro atoms. The van der Waals surface area contributed by atoms with Gasteiger partial charge in [0.2, 0.25) is 0 Å². The van der Waals surface area contributed by atoms with Gasteiger partial charge in [0, 0.05) is 16.4 Å². The van der Waals surface area contributed by atoms with Gasteiger partial charge in [0.05, 0.1) is 24.4 Å². The van der Waals surface area contributed by atoms with E-state index in [0.29, 0.717) is 17.1 Å². The molecule has 6 nitrogen and oxygen atoms in total. The van der Waals surface area contributed by atoms with E-state index in [1.165, 1.54) is 0 Å². The summed E-state index contributed by atoms with van der Waals surface area (Å²) < 4.78 is 12.6. The van der Waals surface area contributed by atoms with Crippen molar-refractivity contribution in [2.75, 3.05) is 6.61 Å². The molecule has 0 radical (unpaired) electrons. The van der Waals surface area contributed by atoms with Crippen molar-refractivity contribution < 1.29 is 18.7 Å². The van der Waals surface area contributed by atoms with Crippen LogP contribution in [0, 0.1) is 13.8 Å². The predicted molar refractivity (Wildman–Crippen MR) is 110 cm³/mol. The number of amides is 1. The molecule has 1 aromatic carbocycles. The van der Waals surface area contributed by atoms with Crippen LogP contribution in [-0.2, 0) is 16.1 Å². The Morgan fingerprint density at radius 3 is 2.59 bits per heavy atom. The maximum atomic E-state index is 12.5. The molecule has 3 rings (SSSR count). The second-order valence-electron chi connectivity index (χ2n) is 6.87. The van der Waals surface area contributed by atoms with E-state index in [4.69, 9.17) is 20.8 Å². The first kappa shape index (κ1) is 20.7. The van der Waals surface area contributed by atoms with Crippen molar-refractivity contribution in [3.8, 4) is 0 Å². The summed E-state index contributed by atoms with van der Waals surface area (Å²) in [5, 5.41) is 3.44. The van der Waals surface area contributed by atoms with Gasteiger partial charge < -0.3 is 19.0 Å². The van der Waals surface area contributed by atoms with Gasteiger partial charge in [-0.2, -0.15) is 0 Å². The Hall–Kier alpha value is -2.99. The van der Waals surface area contributed by atoms with Crippen molar-refractivity contribution in [3.05, 3.63) is 82.0 Å². The van der Waals surface area contributed by atoms with Crippen LogP contribution in [0.5, 0.6) is 0 Å². The predicted octanol–water partition coefficient (Wildman–Crippen LogP) is 4.43. The Kier molecular flexibility index (Phi) is 6.44. The fraction of sp³-hybridized carbons (Fsp3) is 0.273. The number of furan rings is 1. The van der Waals surface area contributed by atoms with E-state index in [0.717, 1.165) is 22.7 Å². The first-order valence-electron chi connectivity index (χ1n) is 9.26. The maximum absolute atomic E-state index is 12.5. The smallest absolute Gasteiger partial charge is 0.340 e. The Bertz CT molecular complexity index is 991. The molecule has 29 heavy (non-hydrogen) atoms. The van der Waals surface area contributed by atoms with E-state index < -0.39 is 5.97 Å². The van der Waals surface area contributed by atoms with Gasteiger partial charge in [0.1, 0.15) is 5.76 Å². The van der Waals surface area contributed by atoms with Crippen LogP contribution in [0.25, 0.3) is 0 Å². The molecule has 0 aliphatic carbocycles. The van der Waals surface area contributed by atoms with Gasteiger partial charge in [-0.1, -0.05) is 23.7 Å². The summed E-state index contributed by atoms with van der Waals surface area (Å²) in [6.45, 7) is 5.78. The summed E-state index contributed by atoms with van der Waals surface area (Å²) in [5.74, 6) is -0.106. The molecule has 2 heterocycles. The molecule has 3 aromatic rings. The molecule has 0 unspecified atom stereocenters. The number of benzene rings is 1. The van der Waals surface area contributed by atoms with Crippen LogP contribution >= 0.6 is 11.6 Å². The number of aryl methyl sites for hydroxylation is 1. The quantitative estimate of drug-likeness (QED) is 0.580. The lowest BCUT2D eigenvalue weighted by Crippen LogP contribution is -2.31. The van der Waals surface area contributed by atoms with Crippen molar-refractivity contribution in [1.29, 1.82) is 0 Å². The van der Waals surface area contributed by atoms with Gasteiger partial charge in [0.25, 0.3) is 5.91 Å². The number of hydrogen-bond donors (Lipinski definition) is 1. The van der Waals surface area contributed by atoms with Crippen LogP contribution < -0.4 is 5.32 Å². The van der Waals surface area contributed by atoms with Crippen molar-refractivity contribution in [2.24, 2.45) is 0 Å². The number of carbonyl (C=O) groups is 2. The zero-order valence-corrected chi connectivity index (χ0v) is 17.3. The number of ether oxygens (including phenoxy) is 1. The highest BCUT2D eigenvalue weighted by atomic mass is 35.5. The molecule has 0 aliphatic heterocycles. The van der Waals surface area contributed by atoms with Crippen molar-refractivity contribution in [1.82, 2.24) is 9.88 Å². The summed E-state index contributed by atoms with van der Waals surface area (Å²) in [6, 6.07) is 12.4. The van der Waals surface area contributed by atoms with Crippen LogP contribution in [0.15, 0.2) is 53.1 Å². The Morgan fingerprint density at radius 2 is 1.93 bits per heavy atom. The van der Waals surface area contributed by atoms with Gasteiger partial charge >= 0.3 is 5.97 Å². The van der Waals surface area contributed by atoms with E-state index >= 15 is 0 Å². The third kappa shape index (κ3) is 5.09. The maximum Gasteiger partial charge on any atom is 0.340 e. The van der Waals surface area contributed by atoms with E-state index in [2.05, 4.69) is 5.32 Å². The van der Waals surface area contributed by atoms with Crippen LogP contribution in [0.1, 0.15) is 46.0 Å². The molecule has 152 valence electrons. The molecular formula is C22H23ClN2O4. The number of hydrogen-bond acceptors (Lipinski definition) is 4. The fourth-order valence-electron chi connectivity index (χ4n) is 3.14. The zero-order chi connectivity index (χ0) is 21.0. The normalized spacial score (nSPS) is 11.9. The summed E-state index contributed by atoms with van der Waals surface area (Å²) >= 11 is 5.88. The number of halogens is 1. The zero-order valence-electron chi connectivity index (χ0n) is 16.6. The molecular weight excluding hydrogens is 392 g/mol. The Balaban J connectivity index is 1.57. The number of nitrogens with zero attached hydrogens (tertiary/aromatic N) is 1. The molecule has 1 amide bonds. The number of esters is 1. The average molecular weight is 415 g/mol. The number of rotatable bonds is 7. The number of carbonyl (C=O) groups excluding carboxylic acids is 2. The second-order valence-corrected chi connectivity index (χ2v) is 7.30. The lowest BCUT2D eigenvalue weighted by molar-refractivity contribution is -0.124. The Labute approximate surface area is 174 Å². The average Bonchev–Trinajstić information content (AvgIpc) is 3.30. The van der Waals surface area contributed by atoms with E-state index in [1.807, 2.05) is 49.6 Å². The topological polar surface area (TPSA) is 73.5 Å². The standard InChI is InChI=1S/C22H23ClN2O4/c1-14-11-20(16(3)25(14)12-19-5-4-10-28-19)22(27)29-13-21(26)24-15(2)17-6-8-18(23)9-7-17/h4-11,15H,12-13H2,1-3H3,(H,24,26)/t15-/m0/s1. The monoisotopic (exact) mass is 414 g/mol. The number of nitrogens with one attached hydrogen (secondary N) is 1. The summed E-state index contributed by atoms with van der Waals surface area (Å²) in [5.41, 5.74) is 3.02. The first-order valence-corrected chi connectivity index (χ1v) is 9.64. The van der Waals surface area contributed by atoms with E-state index in [1.54, 1.807) is 24.5 Å². The van der Waals surface area contributed by atoms with Crippen molar-refractivity contribution in [3.63, 3.8) is 0 Å². The first-order chi connectivity index (χ1) is 13.8. The third-order valence-electron chi connectivity index (χ3n) is 4.77. The second kappa shape index (κ2) is 9.01. The highest BCUT2D eigenvalue weighted by Gasteiger charge is 2.19. The van der Waals surface area contributed by atoms with Gasteiger partial charge in [-0.05, 0) is 56.7 Å². The minimum Gasteiger partial charge on any atom is -0.467 e. The molecule has 7 heteroatoms. The van der Waals surface area contributed by atoms with Crippen molar-refractivity contribution >= 4 is 23.5 Å². The SMILES string of the molecule is Cc1cc(C(=O)OCC(=O)N[C@@H](C)c2ccc(Cl)cc2)c(C)n1Cc1ccco1. The van der Waals surface area contributed by atoms with E-state index in [-0.39, 0.29) is 18.6 Å². The van der Waals surface area contributed by atoms with Gasteiger partial charge in [0.15, 0.2) is 6.61 Å². The number of aromatic nitrogens is 1. The summed E-state index contributed by atoms with van der Waals surface area (Å²) in [4.78, 5) is 24.6. The molecule has 0 saturated carbocycles. The van der Waals surface area contributed by atoms with Crippen LogP contribution in [0.3, 0.4) is 0 Å². The Morgan fingerprint density at radius 1 is 1.21 bits per heavy atom. The highest BCUT2D eigenvalue weighted by Crippen LogP contribution is 2.19. The molecule has 0 aliphatic rings. The molecule has 0 fully saturated rings. The van der Waals surface area contributed by atoms with Gasteiger partial charge in [-0.25, -0.2) is 4.79 Å². The summed E-state index contributed by atoms with van der Waals surface area (Å²) in [7, 11) is 0. The fourth-order valence-corrected chi connectivity index (χ4v) is 3.26. The third-order valence-corrected chi connectivity index (χ3v) is 5.02. The molecule has 1 N–H and O–H groups in total. The van der Waals surface area contributed by atoms with Crippen LogP contribution in [0.2, 0.25) is 5.02 Å². The largest absolute Gasteiger partial charge is 0.467 e. The van der Waals surface area contributed by atoms with Gasteiger partial charge in [-0.15, -0.1) is 0 Å². The minimum atomic E-state index is -0.530. The highest BCUT2D eigenvalue weighted by molar-refractivity contribution is 6.30. The van der Waals surface area contributed by atoms with Crippen LogP contribution in [-0.4, -0.2) is 23.1 Å². The molecule has 0 saturated heterocycles. The molecule has 1 atom stereocenters. The molecule has 2 aromatic heterocycles. The van der Waals surface area contributed by atoms with E-state index in [9.17, 15) is 9.59 Å². The lowest BCUT2D eigenvalue weighted by atomic mass is 10.1. The lowest BCUT2D eigenvalue weighted by Gasteiger charge is -2.14. The summed E-state index contributed by atoms with van der Waals surface area (Å²) in [6.07, 6.45) is 1.61. The van der Waals surface area contributed by atoms with Crippen molar-refractivity contribution in [2.45, 2.75) is 33.4 Å². The minimum absolute atomic E-state index is 0.225. The van der Waals surface area contributed by atoms with Gasteiger partial charge in [-0.3, -0.25) is 4.79 Å². The van der Waals surface area contributed by atoms with Crippen LogP contribution in [0.4, 0.5) is 0 Å².